The average Bonchev–Trinajstić information content (AvgIpc) is 3.20. The van der Waals surface area contributed by atoms with Crippen molar-refractivity contribution >= 4 is 27.8 Å². The number of hydrazone groups is 1. The topological polar surface area (TPSA) is 93.0 Å². The van der Waals surface area contributed by atoms with Gasteiger partial charge in [0.1, 0.15) is 12.3 Å². The Morgan fingerprint density at radius 1 is 0.950 bits per heavy atom. The number of rotatable bonds is 9. The number of amides is 1. The number of carbonyl (C=O) groups is 1. The minimum Gasteiger partial charge on any atom is -0.495 e. The molecule has 8 nitrogen and oxygen atoms in total. The fraction of sp³-hybridized carbons (Fsp3) is 0.226. The first-order chi connectivity index (χ1) is 19.0. The highest BCUT2D eigenvalue weighted by atomic mass is 32.2. The van der Waals surface area contributed by atoms with Gasteiger partial charge in [-0.3, -0.25) is 9.10 Å². The molecular weight excluding hydrogens is 524 g/mol. The highest BCUT2D eigenvalue weighted by Crippen LogP contribution is 2.33. The summed E-state index contributed by atoms with van der Waals surface area (Å²) >= 11 is 0. The first-order valence-electron chi connectivity index (χ1n) is 12.8. The second kappa shape index (κ2) is 11.8. The molecule has 208 valence electrons. The highest BCUT2D eigenvalue weighted by molar-refractivity contribution is 7.92. The smallest absolute Gasteiger partial charge is 0.264 e. The van der Waals surface area contributed by atoms with Crippen LogP contribution < -0.4 is 14.5 Å². The van der Waals surface area contributed by atoms with Crippen LogP contribution in [0.25, 0.3) is 5.69 Å². The summed E-state index contributed by atoms with van der Waals surface area (Å²) in [5.74, 6) is -0.261. The molecule has 0 radical (unpaired) electrons. The Hall–Kier alpha value is -4.37. The standard InChI is InChI=1S/C31H34N4O4S/c1-21-15-16-29(39-6)28(17-21)34(40(37,38)27-13-8-7-9-14-27)20-30(36)33-32-19-26-18-24(4)35(25(26)5)31-22(2)11-10-12-23(31)3/h7-19H,20H2,1-6H3,(H,33,36)/b32-19-. The molecule has 0 aliphatic heterocycles. The van der Waals surface area contributed by atoms with Gasteiger partial charge in [-0.1, -0.05) is 42.5 Å². The van der Waals surface area contributed by atoms with E-state index in [1.54, 1.807) is 36.5 Å². The van der Waals surface area contributed by atoms with Crippen LogP contribution in [0.2, 0.25) is 0 Å². The molecule has 1 N–H and O–H groups in total. The average molecular weight is 559 g/mol. The Balaban J connectivity index is 1.61. The van der Waals surface area contributed by atoms with Gasteiger partial charge in [-0.25, -0.2) is 13.8 Å². The number of benzene rings is 3. The highest BCUT2D eigenvalue weighted by Gasteiger charge is 2.29. The number of sulfonamides is 1. The number of para-hydroxylation sites is 1. The summed E-state index contributed by atoms with van der Waals surface area (Å²) < 4.78 is 36.0. The second-order valence-corrected chi connectivity index (χ2v) is 11.6. The van der Waals surface area contributed by atoms with Gasteiger partial charge in [0, 0.05) is 17.0 Å². The number of carbonyl (C=O) groups excluding carboxylic acids is 1. The molecule has 0 saturated heterocycles. The van der Waals surface area contributed by atoms with Crippen LogP contribution in [0.5, 0.6) is 5.75 Å². The lowest BCUT2D eigenvalue weighted by Gasteiger charge is -2.25. The number of ether oxygens (including phenoxy) is 1. The first-order valence-corrected chi connectivity index (χ1v) is 14.3. The third-order valence-corrected chi connectivity index (χ3v) is 8.52. The van der Waals surface area contributed by atoms with E-state index in [2.05, 4.69) is 41.1 Å². The quantitative estimate of drug-likeness (QED) is 0.221. The molecule has 4 aromatic rings. The molecule has 40 heavy (non-hydrogen) atoms. The van der Waals surface area contributed by atoms with Crippen LogP contribution in [0.15, 0.2) is 82.8 Å². The van der Waals surface area contributed by atoms with E-state index in [9.17, 15) is 13.2 Å². The maximum atomic E-state index is 13.7. The maximum Gasteiger partial charge on any atom is 0.264 e. The third-order valence-electron chi connectivity index (χ3n) is 6.75. The van der Waals surface area contributed by atoms with E-state index in [0.717, 1.165) is 43.6 Å². The van der Waals surface area contributed by atoms with Crippen LogP contribution in [0.4, 0.5) is 5.69 Å². The van der Waals surface area contributed by atoms with Gasteiger partial charge in [0.2, 0.25) is 0 Å². The lowest BCUT2D eigenvalue weighted by Crippen LogP contribution is -2.39. The number of aryl methyl sites for hydroxylation is 4. The Morgan fingerprint density at radius 3 is 2.27 bits per heavy atom. The lowest BCUT2D eigenvalue weighted by atomic mass is 10.1. The van der Waals surface area contributed by atoms with Crippen molar-refractivity contribution in [2.24, 2.45) is 5.10 Å². The molecule has 9 heteroatoms. The molecule has 0 saturated carbocycles. The van der Waals surface area contributed by atoms with E-state index >= 15 is 0 Å². The number of nitrogens with zero attached hydrogens (tertiary/aromatic N) is 3. The van der Waals surface area contributed by atoms with Crippen molar-refractivity contribution in [3.63, 3.8) is 0 Å². The summed E-state index contributed by atoms with van der Waals surface area (Å²) in [6.07, 6.45) is 1.58. The Kier molecular flexibility index (Phi) is 8.44. The Labute approximate surface area is 236 Å². The van der Waals surface area contributed by atoms with Crippen molar-refractivity contribution in [3.8, 4) is 11.4 Å². The van der Waals surface area contributed by atoms with Gasteiger partial charge in [-0.2, -0.15) is 5.10 Å². The van der Waals surface area contributed by atoms with E-state index in [1.807, 2.05) is 39.0 Å². The first kappa shape index (κ1) is 28.6. The van der Waals surface area contributed by atoms with Gasteiger partial charge in [0.05, 0.1) is 29.6 Å². The van der Waals surface area contributed by atoms with Gasteiger partial charge in [-0.05, 0) is 81.6 Å². The molecule has 0 fully saturated rings. The number of hydrogen-bond donors (Lipinski definition) is 1. The van der Waals surface area contributed by atoms with E-state index in [-0.39, 0.29) is 10.6 Å². The summed E-state index contributed by atoms with van der Waals surface area (Å²) in [7, 11) is -2.63. The largest absolute Gasteiger partial charge is 0.495 e. The molecule has 0 atom stereocenters. The summed E-state index contributed by atoms with van der Waals surface area (Å²) in [6.45, 7) is 9.53. The Morgan fingerprint density at radius 2 is 1.62 bits per heavy atom. The molecule has 0 unspecified atom stereocenters. The molecule has 4 rings (SSSR count). The van der Waals surface area contributed by atoms with Gasteiger partial charge in [0.25, 0.3) is 15.9 Å². The molecule has 1 aromatic heterocycles. The van der Waals surface area contributed by atoms with Crippen LogP contribution in [0.3, 0.4) is 0 Å². The van der Waals surface area contributed by atoms with Crippen molar-refractivity contribution in [1.29, 1.82) is 0 Å². The molecule has 0 spiro atoms. The molecule has 0 bridgehead atoms. The number of hydrogen-bond acceptors (Lipinski definition) is 5. The minimum atomic E-state index is -4.09. The fourth-order valence-corrected chi connectivity index (χ4v) is 6.22. The van der Waals surface area contributed by atoms with Crippen LogP contribution >= 0.6 is 0 Å². The lowest BCUT2D eigenvalue weighted by molar-refractivity contribution is -0.119. The van der Waals surface area contributed by atoms with E-state index in [1.165, 1.54) is 19.2 Å². The summed E-state index contributed by atoms with van der Waals surface area (Å²) in [6, 6.07) is 21.4. The van der Waals surface area contributed by atoms with Crippen LogP contribution in [0, 0.1) is 34.6 Å². The summed E-state index contributed by atoms with van der Waals surface area (Å²) in [4.78, 5) is 13.1. The minimum absolute atomic E-state index is 0.0637. The van der Waals surface area contributed by atoms with Crippen molar-refractivity contribution in [1.82, 2.24) is 9.99 Å². The van der Waals surface area contributed by atoms with Gasteiger partial charge in [-0.15, -0.1) is 0 Å². The molecule has 0 aliphatic rings. The monoisotopic (exact) mass is 558 g/mol. The maximum absolute atomic E-state index is 13.7. The van der Waals surface area contributed by atoms with E-state index in [0.29, 0.717) is 5.75 Å². The number of anilines is 1. The number of nitrogens with one attached hydrogen (secondary N) is 1. The predicted octanol–water partition coefficient (Wildman–Crippen LogP) is 5.37. The second-order valence-electron chi connectivity index (χ2n) is 9.70. The predicted molar refractivity (Wildman–Crippen MR) is 159 cm³/mol. The SMILES string of the molecule is COc1ccc(C)cc1N(CC(=O)N/N=C\c1cc(C)n(-c2c(C)cccc2C)c1C)S(=O)(=O)c1ccccc1. The molecule has 3 aromatic carbocycles. The fourth-order valence-electron chi connectivity index (χ4n) is 4.77. The summed E-state index contributed by atoms with van der Waals surface area (Å²) in [5, 5.41) is 4.17. The van der Waals surface area contributed by atoms with Gasteiger partial charge in [0.15, 0.2) is 0 Å². The number of aromatic nitrogens is 1. The van der Waals surface area contributed by atoms with Crippen LogP contribution in [-0.4, -0.2) is 38.8 Å². The van der Waals surface area contributed by atoms with Gasteiger partial charge >= 0.3 is 0 Å². The molecule has 1 heterocycles. The zero-order chi connectivity index (χ0) is 29.0. The van der Waals surface area contributed by atoms with E-state index < -0.39 is 22.5 Å². The van der Waals surface area contributed by atoms with Gasteiger partial charge < -0.3 is 9.30 Å². The normalized spacial score (nSPS) is 11.6. The van der Waals surface area contributed by atoms with Crippen molar-refractivity contribution < 1.29 is 17.9 Å². The zero-order valence-electron chi connectivity index (χ0n) is 23.6. The van der Waals surface area contributed by atoms with E-state index in [4.69, 9.17) is 4.74 Å². The van der Waals surface area contributed by atoms with Crippen molar-refractivity contribution in [2.75, 3.05) is 18.0 Å². The van der Waals surface area contributed by atoms with Crippen LogP contribution in [-0.2, 0) is 14.8 Å². The molecule has 1 amide bonds. The zero-order valence-corrected chi connectivity index (χ0v) is 24.4. The molecular formula is C31H34N4O4S. The van der Waals surface area contributed by atoms with Crippen LogP contribution in [0.1, 0.15) is 33.6 Å². The van der Waals surface area contributed by atoms with Crippen molar-refractivity contribution in [3.05, 3.63) is 106 Å². The third kappa shape index (κ3) is 5.79. The molecule has 0 aliphatic carbocycles. The number of methoxy groups -OCH3 is 1. The summed E-state index contributed by atoms with van der Waals surface area (Å²) in [5.41, 5.74) is 9.88. The Bertz CT molecular complexity index is 1650. The van der Waals surface area contributed by atoms with Crippen molar-refractivity contribution in [2.45, 2.75) is 39.5 Å².